The van der Waals surface area contributed by atoms with Crippen molar-refractivity contribution in [3.05, 3.63) is 72.1 Å². The Bertz CT molecular complexity index is 1110. The van der Waals surface area contributed by atoms with E-state index in [2.05, 4.69) is 29.1 Å². The van der Waals surface area contributed by atoms with E-state index in [1.54, 1.807) is 13.1 Å². The van der Waals surface area contributed by atoms with Crippen LogP contribution in [0.15, 0.2) is 60.8 Å². The van der Waals surface area contributed by atoms with Crippen molar-refractivity contribution >= 4 is 22.9 Å². The van der Waals surface area contributed by atoms with Gasteiger partial charge < -0.3 is 15.2 Å². The van der Waals surface area contributed by atoms with Crippen molar-refractivity contribution in [1.82, 2.24) is 15.3 Å². The molecule has 7 nitrogen and oxygen atoms in total. The van der Waals surface area contributed by atoms with Crippen LogP contribution in [0.25, 0.3) is 11.0 Å². The van der Waals surface area contributed by atoms with E-state index in [1.807, 2.05) is 48.5 Å². The summed E-state index contributed by atoms with van der Waals surface area (Å²) < 4.78 is 5.79. The summed E-state index contributed by atoms with van der Waals surface area (Å²) in [5.41, 5.74) is 2.27. The molecule has 0 saturated heterocycles. The maximum absolute atomic E-state index is 13.0. The van der Waals surface area contributed by atoms with Gasteiger partial charge in [0, 0.05) is 19.4 Å². The fourth-order valence-corrected chi connectivity index (χ4v) is 4.05. The summed E-state index contributed by atoms with van der Waals surface area (Å²) in [5.74, 6) is -0.651. The lowest BCUT2D eigenvalue weighted by molar-refractivity contribution is -0.126. The summed E-state index contributed by atoms with van der Waals surface area (Å²) in [6.45, 7) is 4.28. The number of amides is 1. The Morgan fingerprint density at radius 1 is 1.03 bits per heavy atom. The van der Waals surface area contributed by atoms with E-state index in [1.165, 1.54) is 6.20 Å². The SMILES string of the molecule is CCC(C)CC[C@H](C[C@H](O)[C@H](Cc1ccccc1)OC(=O)c1cnc2ccccc2n1)C(=O)NC. The molecule has 1 heterocycles. The first-order valence-electron chi connectivity index (χ1n) is 12.3. The molecule has 1 amide bonds. The number of carbonyl (C=O) groups excluding carboxylic acids is 2. The molecule has 0 spiro atoms. The van der Waals surface area contributed by atoms with Crippen LogP contribution in [0.1, 0.15) is 55.6 Å². The summed E-state index contributed by atoms with van der Waals surface area (Å²) >= 11 is 0. The van der Waals surface area contributed by atoms with Gasteiger partial charge in [0.15, 0.2) is 5.69 Å². The van der Waals surface area contributed by atoms with Crippen molar-refractivity contribution in [1.29, 1.82) is 0 Å². The zero-order valence-electron chi connectivity index (χ0n) is 20.7. The molecule has 0 fully saturated rings. The fraction of sp³-hybridized carbons (Fsp3) is 0.429. The molecule has 1 unspecified atom stereocenters. The minimum absolute atomic E-state index is 0.0774. The van der Waals surface area contributed by atoms with Crippen LogP contribution in [0.3, 0.4) is 0 Å². The summed E-state index contributed by atoms with van der Waals surface area (Å²) in [6.07, 6.45) is 2.62. The molecule has 4 atom stereocenters. The quantitative estimate of drug-likeness (QED) is 0.376. The molecule has 3 aromatic rings. The van der Waals surface area contributed by atoms with Gasteiger partial charge in [0.2, 0.25) is 5.91 Å². The van der Waals surface area contributed by atoms with E-state index < -0.39 is 18.2 Å². The second kappa shape index (κ2) is 13.0. The highest BCUT2D eigenvalue weighted by atomic mass is 16.6. The number of hydrogen-bond donors (Lipinski definition) is 2. The van der Waals surface area contributed by atoms with Crippen molar-refractivity contribution in [3.8, 4) is 0 Å². The normalized spacial score (nSPS) is 14.6. The number of fused-ring (bicyclic) bond motifs is 1. The Balaban J connectivity index is 1.79. The number of ether oxygens (including phenoxy) is 1. The van der Waals surface area contributed by atoms with Crippen LogP contribution in [0, 0.1) is 11.8 Å². The number of para-hydroxylation sites is 2. The van der Waals surface area contributed by atoms with E-state index in [4.69, 9.17) is 4.74 Å². The van der Waals surface area contributed by atoms with E-state index in [9.17, 15) is 14.7 Å². The van der Waals surface area contributed by atoms with Gasteiger partial charge in [-0.2, -0.15) is 0 Å². The second-order valence-electron chi connectivity index (χ2n) is 9.08. The second-order valence-corrected chi connectivity index (χ2v) is 9.08. The number of aromatic nitrogens is 2. The van der Waals surface area contributed by atoms with Gasteiger partial charge in [-0.05, 0) is 42.9 Å². The molecule has 1 aromatic heterocycles. The Hall–Kier alpha value is -3.32. The number of rotatable bonds is 12. The Labute approximate surface area is 206 Å². The first kappa shape index (κ1) is 26.3. The first-order chi connectivity index (χ1) is 16.9. The van der Waals surface area contributed by atoms with Gasteiger partial charge in [0.05, 0.1) is 23.3 Å². The maximum atomic E-state index is 13.0. The molecule has 0 aliphatic rings. The van der Waals surface area contributed by atoms with Gasteiger partial charge in [0.25, 0.3) is 0 Å². The third kappa shape index (κ3) is 7.59. The highest BCUT2D eigenvalue weighted by molar-refractivity contribution is 5.89. The molecule has 3 rings (SSSR count). The smallest absolute Gasteiger partial charge is 0.358 e. The van der Waals surface area contributed by atoms with Crippen molar-refractivity contribution in [3.63, 3.8) is 0 Å². The van der Waals surface area contributed by atoms with E-state index >= 15 is 0 Å². The van der Waals surface area contributed by atoms with Crippen molar-refractivity contribution in [2.45, 2.75) is 58.2 Å². The van der Waals surface area contributed by atoms with Crippen molar-refractivity contribution < 1.29 is 19.4 Å². The molecule has 186 valence electrons. The first-order valence-corrected chi connectivity index (χ1v) is 12.3. The number of nitrogens with one attached hydrogen (secondary N) is 1. The monoisotopic (exact) mass is 477 g/mol. The molecular formula is C28H35N3O4. The molecule has 0 radical (unpaired) electrons. The number of nitrogens with zero attached hydrogens (tertiary/aromatic N) is 2. The summed E-state index contributed by atoms with van der Waals surface area (Å²) in [7, 11) is 1.60. The predicted octanol–water partition coefficient (Wildman–Crippen LogP) is 4.34. The lowest BCUT2D eigenvalue weighted by Gasteiger charge is -2.27. The van der Waals surface area contributed by atoms with Crippen LogP contribution in [0.4, 0.5) is 0 Å². The highest BCUT2D eigenvalue weighted by Crippen LogP contribution is 2.23. The van der Waals surface area contributed by atoms with Crippen LogP contribution in [0.2, 0.25) is 0 Å². The van der Waals surface area contributed by atoms with Crippen LogP contribution < -0.4 is 5.32 Å². The van der Waals surface area contributed by atoms with E-state index in [-0.39, 0.29) is 23.9 Å². The number of benzene rings is 2. The lowest BCUT2D eigenvalue weighted by atomic mass is 9.88. The van der Waals surface area contributed by atoms with Gasteiger partial charge in [-0.15, -0.1) is 0 Å². The third-order valence-electron chi connectivity index (χ3n) is 6.47. The van der Waals surface area contributed by atoms with Crippen LogP contribution in [0.5, 0.6) is 0 Å². The topological polar surface area (TPSA) is 101 Å². The lowest BCUT2D eigenvalue weighted by Crippen LogP contribution is -2.38. The van der Waals surface area contributed by atoms with Gasteiger partial charge in [0.1, 0.15) is 6.10 Å². The van der Waals surface area contributed by atoms with Gasteiger partial charge >= 0.3 is 5.97 Å². The van der Waals surface area contributed by atoms with Crippen molar-refractivity contribution in [2.75, 3.05) is 7.05 Å². The summed E-state index contributed by atoms with van der Waals surface area (Å²) in [4.78, 5) is 34.2. The molecule has 35 heavy (non-hydrogen) atoms. The van der Waals surface area contributed by atoms with Crippen LogP contribution >= 0.6 is 0 Å². The maximum Gasteiger partial charge on any atom is 0.358 e. The number of carbonyl (C=O) groups is 2. The van der Waals surface area contributed by atoms with Crippen LogP contribution in [-0.4, -0.2) is 46.2 Å². The number of hydrogen-bond acceptors (Lipinski definition) is 6. The average molecular weight is 478 g/mol. The molecule has 7 heteroatoms. The summed E-state index contributed by atoms with van der Waals surface area (Å²) in [5, 5.41) is 13.9. The fourth-order valence-electron chi connectivity index (χ4n) is 4.05. The Morgan fingerprint density at radius 3 is 2.40 bits per heavy atom. The molecule has 2 aromatic carbocycles. The average Bonchev–Trinajstić information content (AvgIpc) is 2.89. The van der Waals surface area contributed by atoms with E-state index in [0.717, 1.165) is 18.4 Å². The minimum atomic E-state index is -1.02. The molecule has 0 aliphatic heterocycles. The largest absolute Gasteiger partial charge is 0.454 e. The number of esters is 1. The van der Waals surface area contributed by atoms with E-state index in [0.29, 0.717) is 29.8 Å². The van der Waals surface area contributed by atoms with Gasteiger partial charge in [-0.25, -0.2) is 9.78 Å². The zero-order valence-corrected chi connectivity index (χ0v) is 20.7. The van der Waals surface area contributed by atoms with Crippen LogP contribution in [-0.2, 0) is 16.0 Å². The van der Waals surface area contributed by atoms with Crippen molar-refractivity contribution in [2.24, 2.45) is 11.8 Å². The number of aliphatic hydroxyl groups excluding tert-OH is 1. The van der Waals surface area contributed by atoms with Gasteiger partial charge in [-0.1, -0.05) is 62.7 Å². The van der Waals surface area contributed by atoms with Gasteiger partial charge in [-0.3, -0.25) is 9.78 Å². The molecule has 0 aliphatic carbocycles. The molecular weight excluding hydrogens is 442 g/mol. The molecule has 0 bridgehead atoms. The standard InChI is InChI=1S/C28H35N3O4/c1-4-19(2)14-15-21(27(33)29-3)17-25(32)26(16-20-10-6-5-7-11-20)35-28(34)24-18-30-22-12-8-9-13-23(22)31-24/h5-13,18-19,21,25-26,32H,4,14-17H2,1-3H3,(H,29,33)/t19?,21-,25+,26+/m1/s1. The highest BCUT2D eigenvalue weighted by Gasteiger charge is 2.30. The molecule has 2 N–H and O–H groups in total. The minimum Gasteiger partial charge on any atom is -0.454 e. The Morgan fingerprint density at radius 2 is 1.71 bits per heavy atom. The summed E-state index contributed by atoms with van der Waals surface area (Å²) in [6, 6.07) is 16.8. The zero-order chi connectivity index (χ0) is 25.2. The third-order valence-corrected chi connectivity index (χ3v) is 6.47. The predicted molar refractivity (Wildman–Crippen MR) is 136 cm³/mol. The molecule has 0 saturated carbocycles. The number of aliphatic hydroxyl groups is 1. The Kier molecular flexibility index (Phi) is 9.73.